The lowest BCUT2D eigenvalue weighted by Crippen LogP contribution is -2.50. The van der Waals surface area contributed by atoms with Gasteiger partial charge in [-0.2, -0.15) is 5.10 Å². The molecule has 6 nitrogen and oxygen atoms in total. The van der Waals surface area contributed by atoms with Crippen LogP contribution in [-0.4, -0.2) is 38.7 Å². The van der Waals surface area contributed by atoms with Crippen molar-refractivity contribution in [2.45, 2.75) is 50.6 Å². The van der Waals surface area contributed by atoms with E-state index in [1.54, 1.807) is 15.8 Å². The Labute approximate surface area is 118 Å². The van der Waals surface area contributed by atoms with Crippen LogP contribution in [0.1, 0.15) is 38.5 Å². The van der Waals surface area contributed by atoms with Gasteiger partial charge in [0.15, 0.2) is 0 Å². The van der Waals surface area contributed by atoms with E-state index in [2.05, 4.69) is 10.4 Å². The van der Waals surface area contributed by atoms with Crippen molar-refractivity contribution in [3.8, 4) is 0 Å². The van der Waals surface area contributed by atoms with E-state index in [-0.39, 0.29) is 11.9 Å². The Morgan fingerprint density at radius 1 is 1.15 bits per heavy atom. The number of imide groups is 1. The molecule has 1 aromatic rings. The summed E-state index contributed by atoms with van der Waals surface area (Å²) in [7, 11) is 0. The highest BCUT2D eigenvalue weighted by Crippen LogP contribution is 2.35. The van der Waals surface area contributed by atoms with E-state index in [4.69, 9.17) is 0 Å². The van der Waals surface area contributed by atoms with Crippen LogP contribution in [0.5, 0.6) is 0 Å². The summed E-state index contributed by atoms with van der Waals surface area (Å²) in [6.45, 7) is 1.15. The second kappa shape index (κ2) is 5.26. The number of nitrogens with zero attached hydrogens (tertiary/aromatic N) is 3. The third-order valence-corrected chi connectivity index (χ3v) is 4.45. The first-order valence-corrected chi connectivity index (χ1v) is 7.33. The number of hydrogen-bond donors (Lipinski definition) is 1. The number of carbonyl (C=O) groups excluding carboxylic acids is 2. The second-order valence-electron chi connectivity index (χ2n) is 5.63. The number of carbonyl (C=O) groups is 2. The highest BCUT2D eigenvalue weighted by atomic mass is 16.2. The minimum atomic E-state index is -0.610. The predicted molar refractivity (Wildman–Crippen MR) is 72.9 cm³/mol. The third-order valence-electron chi connectivity index (χ3n) is 4.45. The van der Waals surface area contributed by atoms with Crippen LogP contribution in [0.2, 0.25) is 0 Å². The smallest absolute Gasteiger partial charge is 0.308 e. The first-order valence-electron chi connectivity index (χ1n) is 7.33. The molecular weight excluding hydrogens is 256 g/mol. The number of urea groups is 1. The molecule has 1 aromatic heterocycles. The Hall–Kier alpha value is -1.85. The Balaban J connectivity index is 1.78. The Kier molecular flexibility index (Phi) is 3.46. The molecule has 108 valence electrons. The van der Waals surface area contributed by atoms with Crippen LogP contribution < -0.4 is 5.32 Å². The van der Waals surface area contributed by atoms with Crippen molar-refractivity contribution in [2.24, 2.45) is 0 Å². The summed E-state index contributed by atoms with van der Waals surface area (Å²) in [5.41, 5.74) is -0.610. The van der Waals surface area contributed by atoms with Crippen LogP contribution in [0.15, 0.2) is 18.5 Å². The number of hydrogen-bond acceptors (Lipinski definition) is 3. The van der Waals surface area contributed by atoms with Crippen molar-refractivity contribution < 1.29 is 9.59 Å². The van der Waals surface area contributed by atoms with Gasteiger partial charge in [-0.3, -0.25) is 14.8 Å². The maximum absolute atomic E-state index is 12.3. The van der Waals surface area contributed by atoms with Gasteiger partial charge in [-0.05, 0) is 18.9 Å². The molecule has 0 atom stereocenters. The SMILES string of the molecule is O=C1NC(=O)C2(CCCCCC2)N1CCn1cccn1. The molecule has 1 spiro atoms. The van der Waals surface area contributed by atoms with Crippen molar-refractivity contribution in [1.82, 2.24) is 20.0 Å². The molecule has 1 N–H and O–H groups in total. The molecule has 0 bridgehead atoms. The van der Waals surface area contributed by atoms with Gasteiger partial charge in [0.2, 0.25) is 0 Å². The standard InChI is InChI=1S/C14H20N4O2/c19-12-14(6-3-1-2-4-7-14)18(13(20)16-12)11-10-17-9-5-8-15-17/h5,8-9H,1-4,6-7,10-11H2,(H,16,19,20). The fourth-order valence-corrected chi connectivity index (χ4v) is 3.36. The maximum atomic E-state index is 12.3. The number of rotatable bonds is 3. The summed E-state index contributed by atoms with van der Waals surface area (Å²) < 4.78 is 1.79. The zero-order valence-corrected chi connectivity index (χ0v) is 11.5. The van der Waals surface area contributed by atoms with E-state index >= 15 is 0 Å². The molecule has 0 radical (unpaired) electrons. The minimum Gasteiger partial charge on any atom is -0.308 e. The molecule has 1 saturated carbocycles. The van der Waals surface area contributed by atoms with Gasteiger partial charge in [-0.1, -0.05) is 25.7 Å². The summed E-state index contributed by atoms with van der Waals surface area (Å²) in [6, 6.07) is 1.61. The molecule has 2 fully saturated rings. The van der Waals surface area contributed by atoms with Crippen molar-refractivity contribution in [3.63, 3.8) is 0 Å². The first-order chi connectivity index (χ1) is 9.72. The van der Waals surface area contributed by atoms with E-state index in [1.807, 2.05) is 12.3 Å². The lowest BCUT2D eigenvalue weighted by atomic mass is 9.89. The zero-order valence-electron chi connectivity index (χ0n) is 11.5. The van der Waals surface area contributed by atoms with Crippen LogP contribution in [0.4, 0.5) is 4.79 Å². The van der Waals surface area contributed by atoms with Crippen molar-refractivity contribution in [3.05, 3.63) is 18.5 Å². The number of aromatic nitrogens is 2. The van der Waals surface area contributed by atoms with Gasteiger partial charge in [-0.25, -0.2) is 4.79 Å². The molecule has 2 heterocycles. The quantitative estimate of drug-likeness (QED) is 0.851. The van der Waals surface area contributed by atoms with E-state index < -0.39 is 5.54 Å². The average molecular weight is 276 g/mol. The van der Waals surface area contributed by atoms with Gasteiger partial charge in [0.25, 0.3) is 5.91 Å². The molecule has 0 unspecified atom stereocenters. The molecule has 0 aromatic carbocycles. The summed E-state index contributed by atoms with van der Waals surface area (Å²) in [4.78, 5) is 26.1. The van der Waals surface area contributed by atoms with Gasteiger partial charge < -0.3 is 4.90 Å². The monoisotopic (exact) mass is 276 g/mol. The molecule has 1 aliphatic carbocycles. The second-order valence-corrected chi connectivity index (χ2v) is 5.63. The van der Waals surface area contributed by atoms with E-state index in [9.17, 15) is 9.59 Å². The average Bonchev–Trinajstić information content (AvgIpc) is 2.91. The van der Waals surface area contributed by atoms with Gasteiger partial charge in [-0.15, -0.1) is 0 Å². The zero-order chi connectivity index (χ0) is 14.0. The predicted octanol–water partition coefficient (Wildman–Crippen LogP) is 1.53. The molecule has 3 amide bonds. The van der Waals surface area contributed by atoms with Gasteiger partial charge in [0.1, 0.15) is 5.54 Å². The number of amides is 3. The Morgan fingerprint density at radius 2 is 1.90 bits per heavy atom. The molecule has 20 heavy (non-hydrogen) atoms. The fraction of sp³-hybridized carbons (Fsp3) is 0.643. The maximum Gasteiger partial charge on any atom is 0.325 e. The lowest BCUT2D eigenvalue weighted by Gasteiger charge is -2.34. The van der Waals surface area contributed by atoms with E-state index in [0.717, 1.165) is 38.5 Å². The normalized spacial score (nSPS) is 22.1. The Bertz CT molecular complexity index is 489. The van der Waals surface area contributed by atoms with Gasteiger partial charge in [0, 0.05) is 18.9 Å². The summed E-state index contributed by atoms with van der Waals surface area (Å²) in [6.07, 6.45) is 9.48. The molecular formula is C14H20N4O2. The van der Waals surface area contributed by atoms with E-state index in [1.165, 1.54) is 0 Å². The van der Waals surface area contributed by atoms with Crippen LogP contribution in [0.3, 0.4) is 0 Å². The first kappa shape index (κ1) is 13.1. The highest BCUT2D eigenvalue weighted by molar-refractivity contribution is 6.07. The highest BCUT2D eigenvalue weighted by Gasteiger charge is 2.51. The van der Waals surface area contributed by atoms with Crippen molar-refractivity contribution in [1.29, 1.82) is 0 Å². The van der Waals surface area contributed by atoms with Gasteiger partial charge in [0.05, 0.1) is 6.54 Å². The topological polar surface area (TPSA) is 67.2 Å². The Morgan fingerprint density at radius 3 is 2.55 bits per heavy atom. The molecule has 1 saturated heterocycles. The van der Waals surface area contributed by atoms with E-state index in [0.29, 0.717) is 13.1 Å². The van der Waals surface area contributed by atoms with Crippen LogP contribution >= 0.6 is 0 Å². The molecule has 6 heteroatoms. The number of nitrogens with one attached hydrogen (secondary N) is 1. The molecule has 1 aliphatic heterocycles. The van der Waals surface area contributed by atoms with Crippen molar-refractivity contribution >= 4 is 11.9 Å². The summed E-state index contributed by atoms with van der Waals surface area (Å²) in [5, 5.41) is 6.65. The third kappa shape index (κ3) is 2.19. The summed E-state index contributed by atoms with van der Waals surface area (Å²) in [5.74, 6) is -0.107. The van der Waals surface area contributed by atoms with Crippen molar-refractivity contribution in [2.75, 3.05) is 6.54 Å². The molecule has 2 aliphatic rings. The minimum absolute atomic E-state index is 0.107. The van der Waals surface area contributed by atoms with Crippen LogP contribution in [0, 0.1) is 0 Å². The fourth-order valence-electron chi connectivity index (χ4n) is 3.36. The largest absolute Gasteiger partial charge is 0.325 e. The van der Waals surface area contributed by atoms with Crippen LogP contribution in [0.25, 0.3) is 0 Å². The molecule has 3 rings (SSSR count). The van der Waals surface area contributed by atoms with Gasteiger partial charge >= 0.3 is 6.03 Å². The lowest BCUT2D eigenvalue weighted by molar-refractivity contribution is -0.127. The summed E-state index contributed by atoms with van der Waals surface area (Å²) >= 11 is 0. The van der Waals surface area contributed by atoms with Crippen LogP contribution in [-0.2, 0) is 11.3 Å².